The first-order valence-corrected chi connectivity index (χ1v) is 3.10. The van der Waals surface area contributed by atoms with Crippen molar-refractivity contribution in [3.05, 3.63) is 0 Å². The predicted molar refractivity (Wildman–Crippen MR) is 32.3 cm³/mol. The third kappa shape index (κ3) is 1.76. The summed E-state index contributed by atoms with van der Waals surface area (Å²) in [5.41, 5.74) is 0. The zero-order valence-electron chi connectivity index (χ0n) is 5.78. The molecule has 4 heteroatoms. The molecule has 1 rings (SSSR count). The maximum atomic E-state index is 9.98. The lowest BCUT2D eigenvalue weighted by Gasteiger charge is -2.05. The first-order chi connectivity index (χ1) is 4.86. The summed E-state index contributed by atoms with van der Waals surface area (Å²) < 4.78 is 14.8. The third-order valence-corrected chi connectivity index (χ3v) is 1.27. The fourth-order valence-electron chi connectivity index (χ4n) is 0.776. The predicted octanol–water partition coefficient (Wildman–Crippen LogP) is -0.0792. The van der Waals surface area contributed by atoms with Gasteiger partial charge in [-0.3, -0.25) is 0 Å². The van der Waals surface area contributed by atoms with E-state index in [0.29, 0.717) is 13.0 Å². The molecule has 1 fully saturated rings. The lowest BCUT2D eigenvalue weighted by atomic mass is 10.3. The highest BCUT2D eigenvalue weighted by molar-refractivity contribution is 5.50. The molecule has 0 aromatic carbocycles. The van der Waals surface area contributed by atoms with Crippen LogP contribution in [0.25, 0.3) is 0 Å². The van der Waals surface area contributed by atoms with Crippen LogP contribution in [0.4, 0.5) is 0 Å². The molecule has 1 aliphatic heterocycles. The first kappa shape index (κ1) is 7.65. The van der Waals surface area contributed by atoms with Crippen LogP contribution in [-0.4, -0.2) is 32.6 Å². The summed E-state index contributed by atoms with van der Waals surface area (Å²) >= 11 is 0. The number of carbonyl (C=O) groups is 1. The molecule has 1 saturated heterocycles. The molecule has 0 saturated carbocycles. The molecule has 0 bridgehead atoms. The quantitative estimate of drug-likeness (QED) is 0.522. The van der Waals surface area contributed by atoms with Crippen molar-refractivity contribution in [3.8, 4) is 0 Å². The van der Waals surface area contributed by atoms with Gasteiger partial charge in [-0.25, -0.2) is 0 Å². The molecule has 0 spiro atoms. The van der Waals surface area contributed by atoms with Gasteiger partial charge in [0.1, 0.15) is 6.29 Å². The van der Waals surface area contributed by atoms with Crippen molar-refractivity contribution in [1.82, 2.24) is 0 Å². The minimum absolute atomic E-state index is 0.123. The molecule has 0 amide bonds. The average Bonchev–Trinajstić information content (AvgIpc) is 2.37. The lowest BCUT2D eigenvalue weighted by molar-refractivity contribution is -0.222. The molecule has 0 aliphatic carbocycles. The molecule has 10 heavy (non-hydrogen) atoms. The Hall–Kier alpha value is -0.450. The Morgan fingerprint density at radius 3 is 3.10 bits per heavy atom. The Morgan fingerprint density at radius 2 is 2.60 bits per heavy atom. The van der Waals surface area contributed by atoms with Crippen molar-refractivity contribution in [3.63, 3.8) is 0 Å². The molecule has 1 unspecified atom stereocenters. The number of ether oxygens (including phenoxy) is 3. The van der Waals surface area contributed by atoms with Crippen molar-refractivity contribution in [2.24, 2.45) is 0 Å². The fraction of sp³-hybridized carbons (Fsp3) is 0.833. The summed E-state index contributed by atoms with van der Waals surface area (Å²) in [5, 5.41) is 0. The molecule has 2 atom stereocenters. The molecular formula is C6H10O4. The van der Waals surface area contributed by atoms with Crippen LogP contribution in [0.15, 0.2) is 0 Å². The highest BCUT2D eigenvalue weighted by Crippen LogP contribution is 2.13. The van der Waals surface area contributed by atoms with E-state index in [9.17, 15) is 4.79 Å². The standard InChI is InChI=1S/C6H10O4/c1-8-6-9-4-5(10-6)2-3-7/h3,5-6H,2,4H2,1H3/t5-,6?/m0/s1. The van der Waals surface area contributed by atoms with Gasteiger partial charge in [-0.1, -0.05) is 0 Å². The summed E-state index contributed by atoms with van der Waals surface area (Å²) in [6, 6.07) is 0. The highest BCUT2D eigenvalue weighted by atomic mass is 16.9. The molecule has 4 nitrogen and oxygen atoms in total. The van der Waals surface area contributed by atoms with Crippen molar-refractivity contribution in [2.45, 2.75) is 19.0 Å². The maximum absolute atomic E-state index is 9.98. The summed E-state index contributed by atoms with van der Waals surface area (Å²) in [4.78, 5) is 9.98. The van der Waals surface area contributed by atoms with Gasteiger partial charge < -0.3 is 19.0 Å². The second-order valence-electron chi connectivity index (χ2n) is 2.02. The number of hydrogen-bond acceptors (Lipinski definition) is 4. The van der Waals surface area contributed by atoms with E-state index in [1.165, 1.54) is 7.11 Å². The van der Waals surface area contributed by atoms with E-state index in [-0.39, 0.29) is 6.10 Å². The van der Waals surface area contributed by atoms with Crippen molar-refractivity contribution in [2.75, 3.05) is 13.7 Å². The van der Waals surface area contributed by atoms with E-state index in [4.69, 9.17) is 14.2 Å². The lowest BCUT2D eigenvalue weighted by Crippen LogP contribution is -2.13. The number of methoxy groups -OCH3 is 1. The van der Waals surface area contributed by atoms with E-state index >= 15 is 0 Å². The second-order valence-corrected chi connectivity index (χ2v) is 2.02. The van der Waals surface area contributed by atoms with E-state index in [0.717, 1.165) is 6.29 Å². The number of rotatable bonds is 3. The van der Waals surface area contributed by atoms with Crippen molar-refractivity contribution in [1.29, 1.82) is 0 Å². The largest absolute Gasteiger partial charge is 0.333 e. The summed E-state index contributed by atoms with van der Waals surface area (Å²) in [7, 11) is 1.49. The van der Waals surface area contributed by atoms with Gasteiger partial charge in [0.15, 0.2) is 0 Å². The van der Waals surface area contributed by atoms with Gasteiger partial charge in [0, 0.05) is 13.5 Å². The molecule has 0 aromatic rings. The van der Waals surface area contributed by atoms with Crippen LogP contribution in [0.1, 0.15) is 6.42 Å². The average molecular weight is 146 g/mol. The molecule has 58 valence electrons. The van der Waals surface area contributed by atoms with Crippen LogP contribution in [0.2, 0.25) is 0 Å². The Labute approximate surface area is 59.1 Å². The summed E-state index contributed by atoms with van der Waals surface area (Å²) in [6.07, 6.45) is 1.06. The number of aldehydes is 1. The zero-order chi connectivity index (χ0) is 7.40. The Balaban J connectivity index is 2.21. The van der Waals surface area contributed by atoms with E-state index in [1.54, 1.807) is 0 Å². The molecule has 0 radical (unpaired) electrons. The molecule has 0 N–H and O–H groups in total. The zero-order valence-corrected chi connectivity index (χ0v) is 5.78. The normalized spacial score (nSPS) is 32.5. The number of hydrogen-bond donors (Lipinski definition) is 0. The Kier molecular flexibility index (Phi) is 2.80. The van der Waals surface area contributed by atoms with Crippen LogP contribution >= 0.6 is 0 Å². The van der Waals surface area contributed by atoms with Gasteiger partial charge in [-0.2, -0.15) is 0 Å². The van der Waals surface area contributed by atoms with Crippen LogP contribution in [-0.2, 0) is 19.0 Å². The Bertz CT molecular complexity index is 114. The third-order valence-electron chi connectivity index (χ3n) is 1.27. The van der Waals surface area contributed by atoms with Gasteiger partial charge in [0.05, 0.1) is 12.7 Å². The van der Waals surface area contributed by atoms with Crippen LogP contribution in [0, 0.1) is 0 Å². The summed E-state index contributed by atoms with van der Waals surface area (Å²) in [5.74, 6) is 0. The topological polar surface area (TPSA) is 44.8 Å². The SMILES string of the molecule is COC1OC[C@H](CC=O)O1. The van der Waals surface area contributed by atoms with Crippen molar-refractivity contribution >= 4 is 6.29 Å². The minimum Gasteiger partial charge on any atom is -0.333 e. The van der Waals surface area contributed by atoms with Crippen LogP contribution in [0.3, 0.4) is 0 Å². The summed E-state index contributed by atoms with van der Waals surface area (Å²) in [6.45, 7) is -0.137. The Morgan fingerprint density at radius 1 is 1.80 bits per heavy atom. The molecule has 0 aromatic heterocycles. The van der Waals surface area contributed by atoms with Gasteiger partial charge in [-0.15, -0.1) is 0 Å². The monoisotopic (exact) mass is 146 g/mol. The van der Waals surface area contributed by atoms with E-state index < -0.39 is 6.48 Å². The number of carbonyl (C=O) groups excluding carboxylic acids is 1. The van der Waals surface area contributed by atoms with Gasteiger partial charge in [-0.05, 0) is 0 Å². The van der Waals surface area contributed by atoms with E-state index in [2.05, 4.69) is 0 Å². The maximum Gasteiger partial charge on any atom is 0.271 e. The first-order valence-electron chi connectivity index (χ1n) is 3.10. The van der Waals surface area contributed by atoms with Gasteiger partial charge in [0.25, 0.3) is 6.48 Å². The highest BCUT2D eigenvalue weighted by Gasteiger charge is 2.24. The smallest absolute Gasteiger partial charge is 0.271 e. The fourth-order valence-corrected chi connectivity index (χ4v) is 0.776. The molecule has 1 heterocycles. The van der Waals surface area contributed by atoms with Gasteiger partial charge in [0.2, 0.25) is 0 Å². The van der Waals surface area contributed by atoms with Gasteiger partial charge >= 0.3 is 0 Å². The van der Waals surface area contributed by atoms with Crippen molar-refractivity contribution < 1.29 is 19.0 Å². The van der Waals surface area contributed by atoms with E-state index in [1.807, 2.05) is 0 Å². The molecular weight excluding hydrogens is 136 g/mol. The second kappa shape index (κ2) is 3.65. The molecule has 1 aliphatic rings. The van der Waals surface area contributed by atoms with Crippen LogP contribution < -0.4 is 0 Å². The minimum atomic E-state index is -0.579. The van der Waals surface area contributed by atoms with Crippen LogP contribution in [0.5, 0.6) is 0 Å².